The summed E-state index contributed by atoms with van der Waals surface area (Å²) in [7, 11) is -2.85. The highest BCUT2D eigenvalue weighted by atomic mass is 32.2. The topological polar surface area (TPSA) is 69.4 Å². The van der Waals surface area contributed by atoms with Gasteiger partial charge in [0, 0.05) is 6.54 Å². The molecule has 0 aromatic rings. The zero-order valence-electron chi connectivity index (χ0n) is 5.62. The molecule has 0 saturated carbocycles. The average Bonchev–Trinajstić information content (AvgIpc) is 1.86. The van der Waals surface area contributed by atoms with Gasteiger partial charge in [-0.1, -0.05) is 0 Å². The van der Waals surface area contributed by atoms with Gasteiger partial charge >= 0.3 is 0 Å². The molecule has 0 aromatic carbocycles. The summed E-state index contributed by atoms with van der Waals surface area (Å²) in [6, 6.07) is 0. The molecule has 1 atom stereocenters. The Labute approximate surface area is 60.3 Å². The average molecular weight is 165 g/mol. The Morgan fingerprint density at radius 3 is 2.70 bits per heavy atom. The van der Waals surface area contributed by atoms with E-state index in [1.807, 2.05) is 0 Å². The van der Waals surface area contributed by atoms with E-state index in [1.165, 1.54) is 0 Å². The lowest BCUT2D eigenvalue weighted by atomic mass is 10.4. The van der Waals surface area contributed by atoms with Crippen LogP contribution in [0.5, 0.6) is 0 Å². The van der Waals surface area contributed by atoms with E-state index in [0.717, 1.165) is 0 Å². The van der Waals surface area contributed by atoms with Crippen molar-refractivity contribution in [3.63, 3.8) is 0 Å². The van der Waals surface area contributed by atoms with E-state index in [4.69, 9.17) is 10.5 Å². The van der Waals surface area contributed by atoms with Crippen molar-refractivity contribution in [3.8, 4) is 0 Å². The monoisotopic (exact) mass is 165 g/mol. The number of hydrogen-bond acceptors (Lipinski definition) is 4. The standard InChI is InChI=1S/C5H11NO3S/c6-3-5-4-10(7,8)2-1-9-5/h5H,1-4,6H2/t5-/m0/s1. The Kier molecular flexibility index (Phi) is 2.28. The lowest BCUT2D eigenvalue weighted by Gasteiger charge is -2.20. The fourth-order valence-electron chi connectivity index (χ4n) is 0.893. The molecule has 1 aliphatic heterocycles. The summed E-state index contributed by atoms with van der Waals surface area (Å²) < 4.78 is 26.8. The van der Waals surface area contributed by atoms with E-state index in [0.29, 0.717) is 13.2 Å². The highest BCUT2D eigenvalue weighted by Crippen LogP contribution is 2.04. The van der Waals surface area contributed by atoms with E-state index in [-0.39, 0.29) is 17.6 Å². The van der Waals surface area contributed by atoms with E-state index >= 15 is 0 Å². The predicted octanol–water partition coefficient (Wildman–Crippen LogP) is -1.24. The lowest BCUT2D eigenvalue weighted by molar-refractivity contribution is 0.0780. The first-order valence-electron chi connectivity index (χ1n) is 3.16. The zero-order valence-corrected chi connectivity index (χ0v) is 6.43. The SMILES string of the molecule is NC[C@H]1CS(=O)(=O)CCO1. The van der Waals surface area contributed by atoms with Gasteiger partial charge in [-0.15, -0.1) is 0 Å². The fraction of sp³-hybridized carbons (Fsp3) is 1.00. The molecule has 1 heterocycles. The first-order valence-corrected chi connectivity index (χ1v) is 4.98. The number of ether oxygens (including phenoxy) is 1. The fourth-order valence-corrected chi connectivity index (χ4v) is 2.21. The Bertz CT molecular complexity index is 199. The third-order valence-corrected chi connectivity index (χ3v) is 3.12. The minimum atomic E-state index is -2.85. The van der Waals surface area contributed by atoms with E-state index in [1.54, 1.807) is 0 Å². The van der Waals surface area contributed by atoms with Crippen molar-refractivity contribution in [3.05, 3.63) is 0 Å². The van der Waals surface area contributed by atoms with Crippen LogP contribution in [0.3, 0.4) is 0 Å². The second kappa shape index (κ2) is 2.86. The van der Waals surface area contributed by atoms with Crippen molar-refractivity contribution in [2.75, 3.05) is 24.7 Å². The Balaban J connectivity index is 2.56. The molecule has 0 aromatic heterocycles. The van der Waals surface area contributed by atoms with Gasteiger partial charge in [-0.3, -0.25) is 0 Å². The van der Waals surface area contributed by atoms with Gasteiger partial charge in [-0.05, 0) is 0 Å². The zero-order chi connectivity index (χ0) is 7.61. The van der Waals surface area contributed by atoms with Crippen LogP contribution in [0, 0.1) is 0 Å². The summed E-state index contributed by atoms with van der Waals surface area (Å²) in [4.78, 5) is 0. The number of rotatable bonds is 1. The second-order valence-electron chi connectivity index (χ2n) is 2.34. The van der Waals surface area contributed by atoms with Crippen molar-refractivity contribution in [2.45, 2.75) is 6.10 Å². The van der Waals surface area contributed by atoms with Gasteiger partial charge in [-0.25, -0.2) is 8.42 Å². The molecule has 60 valence electrons. The maximum Gasteiger partial charge on any atom is 0.155 e. The second-order valence-corrected chi connectivity index (χ2v) is 4.57. The van der Waals surface area contributed by atoms with Crippen LogP contribution in [0.1, 0.15) is 0 Å². The first kappa shape index (κ1) is 7.97. The molecule has 0 unspecified atom stereocenters. The normalized spacial score (nSPS) is 31.9. The molecule has 0 amide bonds. The van der Waals surface area contributed by atoms with E-state index < -0.39 is 9.84 Å². The minimum Gasteiger partial charge on any atom is -0.375 e. The van der Waals surface area contributed by atoms with E-state index in [9.17, 15) is 8.42 Å². The van der Waals surface area contributed by atoms with Gasteiger partial charge in [0.25, 0.3) is 0 Å². The summed E-state index contributed by atoms with van der Waals surface area (Å²) in [5, 5.41) is 0. The number of hydrogen-bond donors (Lipinski definition) is 1. The smallest absolute Gasteiger partial charge is 0.155 e. The van der Waals surface area contributed by atoms with Crippen LogP contribution in [0.25, 0.3) is 0 Å². The molecule has 0 aliphatic carbocycles. The Morgan fingerprint density at radius 2 is 2.30 bits per heavy atom. The highest BCUT2D eigenvalue weighted by Gasteiger charge is 2.23. The van der Waals surface area contributed by atoms with Crippen LogP contribution < -0.4 is 5.73 Å². The number of sulfone groups is 1. The van der Waals surface area contributed by atoms with Gasteiger partial charge in [0.2, 0.25) is 0 Å². The summed E-state index contributed by atoms with van der Waals surface area (Å²) >= 11 is 0. The summed E-state index contributed by atoms with van der Waals surface area (Å²) in [5.74, 6) is 0.229. The van der Waals surface area contributed by atoms with Crippen LogP contribution in [0.15, 0.2) is 0 Å². The molecule has 0 radical (unpaired) electrons. The van der Waals surface area contributed by atoms with Gasteiger partial charge in [-0.2, -0.15) is 0 Å². The van der Waals surface area contributed by atoms with Crippen LogP contribution in [-0.2, 0) is 14.6 Å². The Hall–Kier alpha value is -0.130. The van der Waals surface area contributed by atoms with Gasteiger partial charge < -0.3 is 10.5 Å². The highest BCUT2D eigenvalue weighted by molar-refractivity contribution is 7.91. The van der Waals surface area contributed by atoms with Crippen molar-refractivity contribution >= 4 is 9.84 Å². The van der Waals surface area contributed by atoms with Gasteiger partial charge in [0.05, 0.1) is 24.2 Å². The van der Waals surface area contributed by atoms with Crippen LogP contribution in [0.2, 0.25) is 0 Å². The van der Waals surface area contributed by atoms with Gasteiger partial charge in [0.1, 0.15) is 0 Å². The largest absolute Gasteiger partial charge is 0.375 e. The lowest BCUT2D eigenvalue weighted by Crippen LogP contribution is -2.38. The maximum atomic E-state index is 10.9. The molecule has 10 heavy (non-hydrogen) atoms. The summed E-state index contributed by atoms with van der Waals surface area (Å²) in [6.45, 7) is 0.587. The molecule has 5 heteroatoms. The van der Waals surface area contributed by atoms with Crippen molar-refractivity contribution in [1.82, 2.24) is 0 Å². The molecule has 1 rings (SSSR count). The maximum absolute atomic E-state index is 10.9. The number of nitrogens with two attached hydrogens (primary N) is 1. The third-order valence-electron chi connectivity index (χ3n) is 1.45. The molecule has 2 N–H and O–H groups in total. The third kappa shape index (κ3) is 1.93. The van der Waals surface area contributed by atoms with Crippen molar-refractivity contribution in [2.24, 2.45) is 5.73 Å². The predicted molar refractivity (Wildman–Crippen MR) is 37.4 cm³/mol. The molecule has 0 bridgehead atoms. The quantitative estimate of drug-likeness (QED) is 0.527. The molecule has 0 spiro atoms. The summed E-state index contributed by atoms with van der Waals surface area (Å²) in [6.07, 6.45) is -0.279. The summed E-state index contributed by atoms with van der Waals surface area (Å²) in [5.41, 5.74) is 5.23. The van der Waals surface area contributed by atoms with Crippen LogP contribution in [-0.4, -0.2) is 39.2 Å². The molecule has 1 fully saturated rings. The molecular weight excluding hydrogens is 154 g/mol. The molecular formula is C5H11NO3S. The Morgan fingerprint density at radius 1 is 1.60 bits per heavy atom. The van der Waals surface area contributed by atoms with Crippen molar-refractivity contribution in [1.29, 1.82) is 0 Å². The van der Waals surface area contributed by atoms with Crippen molar-refractivity contribution < 1.29 is 13.2 Å². The minimum absolute atomic E-state index is 0.0868. The molecule has 1 saturated heterocycles. The van der Waals surface area contributed by atoms with Crippen LogP contribution in [0.4, 0.5) is 0 Å². The first-order chi connectivity index (χ1) is 4.64. The van der Waals surface area contributed by atoms with Gasteiger partial charge in [0.15, 0.2) is 9.84 Å². The molecule has 1 aliphatic rings. The van der Waals surface area contributed by atoms with Crippen LogP contribution >= 0.6 is 0 Å². The van der Waals surface area contributed by atoms with E-state index in [2.05, 4.69) is 0 Å². The molecule has 4 nitrogen and oxygen atoms in total.